The molecule has 0 spiro atoms. The highest BCUT2D eigenvalue weighted by Gasteiger charge is 2.03. The molecule has 3 heteroatoms. The molecule has 0 aliphatic carbocycles. The zero-order chi connectivity index (χ0) is 9.10. The summed E-state index contributed by atoms with van der Waals surface area (Å²) in [7, 11) is 0. The van der Waals surface area contributed by atoms with Gasteiger partial charge in [-0.2, -0.15) is 0 Å². The predicted molar refractivity (Wildman–Crippen MR) is 53.8 cm³/mol. The Labute approximate surface area is 77.2 Å². The Bertz CT molecular complexity index is 340. The lowest BCUT2D eigenvalue weighted by Crippen LogP contribution is -2.29. The molecule has 3 nitrogen and oxygen atoms in total. The summed E-state index contributed by atoms with van der Waals surface area (Å²) in [5, 5.41) is 1.62. The molecular formula is C10H11N3. The summed E-state index contributed by atoms with van der Waals surface area (Å²) in [5.41, 5.74) is 2.00. The van der Waals surface area contributed by atoms with Gasteiger partial charge in [0.15, 0.2) is 0 Å². The number of aliphatic imine (C=N–C) groups is 1. The van der Waals surface area contributed by atoms with Crippen LogP contribution >= 0.6 is 0 Å². The minimum Gasteiger partial charge on any atom is -0.311 e. The lowest BCUT2D eigenvalue weighted by atomic mass is 10.1. The molecule has 1 aliphatic heterocycles. The molecule has 1 aromatic rings. The first-order valence-corrected chi connectivity index (χ1v) is 4.17. The molecule has 1 aliphatic rings. The Balaban J connectivity index is 2.32. The van der Waals surface area contributed by atoms with Crippen LogP contribution < -0.4 is 5.84 Å². The summed E-state index contributed by atoms with van der Waals surface area (Å²) in [6, 6.07) is 9.99. The smallest absolute Gasteiger partial charge is 0.0872 e. The van der Waals surface area contributed by atoms with E-state index < -0.39 is 0 Å². The van der Waals surface area contributed by atoms with Gasteiger partial charge in [0.25, 0.3) is 0 Å². The number of hydrogen-bond donors (Lipinski definition) is 1. The molecule has 2 N–H and O–H groups in total. The predicted octanol–water partition coefficient (Wildman–Crippen LogP) is 1.25. The molecule has 0 amide bonds. The number of nitrogens with two attached hydrogens (primary N) is 1. The van der Waals surface area contributed by atoms with Crippen molar-refractivity contribution in [2.75, 3.05) is 6.54 Å². The lowest BCUT2D eigenvalue weighted by Gasteiger charge is -2.16. The first-order chi connectivity index (χ1) is 6.36. The molecule has 0 radical (unpaired) electrons. The first-order valence-electron chi connectivity index (χ1n) is 4.17. The Morgan fingerprint density at radius 3 is 2.69 bits per heavy atom. The van der Waals surface area contributed by atoms with Crippen LogP contribution in [0.3, 0.4) is 0 Å². The summed E-state index contributed by atoms with van der Waals surface area (Å²) >= 11 is 0. The van der Waals surface area contributed by atoms with Gasteiger partial charge in [0, 0.05) is 18.0 Å². The van der Waals surface area contributed by atoms with Crippen LogP contribution in [0.4, 0.5) is 0 Å². The van der Waals surface area contributed by atoms with E-state index in [2.05, 4.69) is 4.99 Å². The quantitative estimate of drug-likeness (QED) is 0.649. The third-order valence-electron chi connectivity index (χ3n) is 1.88. The summed E-state index contributed by atoms with van der Waals surface area (Å²) in [6.07, 6.45) is 3.65. The maximum atomic E-state index is 5.63. The van der Waals surface area contributed by atoms with E-state index >= 15 is 0 Å². The fourth-order valence-electron chi connectivity index (χ4n) is 1.23. The minimum absolute atomic E-state index is 0.677. The van der Waals surface area contributed by atoms with Crippen molar-refractivity contribution in [3.05, 3.63) is 42.1 Å². The van der Waals surface area contributed by atoms with Crippen LogP contribution in [-0.2, 0) is 0 Å². The highest BCUT2D eigenvalue weighted by Crippen LogP contribution is 2.16. The second-order valence-electron chi connectivity index (χ2n) is 2.89. The van der Waals surface area contributed by atoms with Crippen LogP contribution in [0.15, 0.2) is 41.5 Å². The largest absolute Gasteiger partial charge is 0.311 e. The fraction of sp³-hybridized carbons (Fsp3) is 0.100. The maximum absolute atomic E-state index is 5.63. The Kier molecular flexibility index (Phi) is 2.10. The van der Waals surface area contributed by atoms with Gasteiger partial charge in [-0.05, 0) is 0 Å². The Hall–Kier alpha value is -1.61. The van der Waals surface area contributed by atoms with Gasteiger partial charge in [-0.3, -0.25) is 4.99 Å². The van der Waals surface area contributed by atoms with Crippen molar-refractivity contribution >= 4 is 11.9 Å². The van der Waals surface area contributed by atoms with Gasteiger partial charge in [0.2, 0.25) is 0 Å². The minimum atomic E-state index is 0.677. The molecule has 2 rings (SSSR count). The number of nitrogens with zero attached hydrogens (tertiary/aromatic N) is 2. The topological polar surface area (TPSA) is 41.6 Å². The number of hydrazine groups is 1. The van der Waals surface area contributed by atoms with Crippen molar-refractivity contribution in [3.8, 4) is 0 Å². The van der Waals surface area contributed by atoms with Gasteiger partial charge >= 0.3 is 0 Å². The molecular weight excluding hydrogens is 162 g/mol. The zero-order valence-electron chi connectivity index (χ0n) is 7.22. The van der Waals surface area contributed by atoms with Gasteiger partial charge in [-0.25, -0.2) is 5.84 Å². The van der Waals surface area contributed by atoms with Crippen LogP contribution in [0.25, 0.3) is 5.70 Å². The van der Waals surface area contributed by atoms with Crippen LogP contribution in [0.1, 0.15) is 5.56 Å². The van der Waals surface area contributed by atoms with Crippen molar-refractivity contribution in [2.24, 2.45) is 10.8 Å². The molecule has 0 bridgehead atoms. The third-order valence-corrected chi connectivity index (χ3v) is 1.88. The zero-order valence-corrected chi connectivity index (χ0v) is 7.22. The normalized spacial score (nSPS) is 15.8. The van der Waals surface area contributed by atoms with Gasteiger partial charge in [-0.15, -0.1) is 0 Å². The summed E-state index contributed by atoms with van der Waals surface area (Å²) < 4.78 is 0. The van der Waals surface area contributed by atoms with Gasteiger partial charge in [0.05, 0.1) is 12.2 Å². The molecule has 0 atom stereocenters. The average molecular weight is 173 g/mol. The molecule has 0 aromatic heterocycles. The van der Waals surface area contributed by atoms with E-state index in [1.807, 2.05) is 42.7 Å². The Morgan fingerprint density at radius 2 is 2.00 bits per heavy atom. The van der Waals surface area contributed by atoms with E-state index in [4.69, 9.17) is 5.84 Å². The van der Waals surface area contributed by atoms with Crippen molar-refractivity contribution in [1.29, 1.82) is 0 Å². The molecule has 13 heavy (non-hydrogen) atoms. The molecule has 0 saturated carbocycles. The van der Waals surface area contributed by atoms with Crippen LogP contribution in [0.2, 0.25) is 0 Å². The number of benzene rings is 1. The maximum Gasteiger partial charge on any atom is 0.0872 e. The first kappa shape index (κ1) is 8.01. The van der Waals surface area contributed by atoms with Crippen molar-refractivity contribution < 1.29 is 0 Å². The highest BCUT2D eigenvalue weighted by atomic mass is 15.4. The van der Waals surface area contributed by atoms with E-state index in [1.165, 1.54) is 0 Å². The molecule has 0 saturated heterocycles. The standard InChI is InChI=1S/C10H11N3/c11-13-7-6-12-10(8-13)9-4-2-1-3-5-9/h1-6,8H,7,11H2. The highest BCUT2D eigenvalue weighted by molar-refractivity contribution is 5.76. The molecule has 66 valence electrons. The average Bonchev–Trinajstić information content (AvgIpc) is 2.19. The summed E-state index contributed by atoms with van der Waals surface area (Å²) in [6.45, 7) is 0.677. The monoisotopic (exact) mass is 173 g/mol. The van der Waals surface area contributed by atoms with E-state index in [9.17, 15) is 0 Å². The second kappa shape index (κ2) is 3.41. The molecule has 0 fully saturated rings. The fourth-order valence-corrected chi connectivity index (χ4v) is 1.23. The van der Waals surface area contributed by atoms with Gasteiger partial charge in [0.1, 0.15) is 0 Å². The second-order valence-corrected chi connectivity index (χ2v) is 2.89. The third kappa shape index (κ3) is 1.76. The Morgan fingerprint density at radius 1 is 1.23 bits per heavy atom. The van der Waals surface area contributed by atoms with E-state index in [0.29, 0.717) is 6.54 Å². The van der Waals surface area contributed by atoms with E-state index in [-0.39, 0.29) is 0 Å². The number of rotatable bonds is 1. The molecule has 1 heterocycles. The van der Waals surface area contributed by atoms with Crippen molar-refractivity contribution in [1.82, 2.24) is 5.01 Å². The summed E-state index contributed by atoms with van der Waals surface area (Å²) in [4.78, 5) is 4.26. The molecule has 1 aromatic carbocycles. The van der Waals surface area contributed by atoms with E-state index in [1.54, 1.807) is 5.01 Å². The molecule has 0 unspecified atom stereocenters. The number of hydrogen-bond acceptors (Lipinski definition) is 3. The van der Waals surface area contributed by atoms with Gasteiger partial charge < -0.3 is 5.01 Å². The van der Waals surface area contributed by atoms with Crippen LogP contribution in [0, 0.1) is 0 Å². The van der Waals surface area contributed by atoms with Crippen molar-refractivity contribution in [2.45, 2.75) is 0 Å². The summed E-state index contributed by atoms with van der Waals surface area (Å²) in [5.74, 6) is 5.63. The lowest BCUT2D eigenvalue weighted by molar-refractivity contribution is 0.451. The van der Waals surface area contributed by atoms with Crippen LogP contribution in [0.5, 0.6) is 0 Å². The van der Waals surface area contributed by atoms with Crippen LogP contribution in [-0.4, -0.2) is 17.8 Å². The van der Waals surface area contributed by atoms with Crippen molar-refractivity contribution in [3.63, 3.8) is 0 Å². The SMILES string of the molecule is NN1C=C(c2ccccc2)N=CC1. The van der Waals surface area contributed by atoms with E-state index in [0.717, 1.165) is 11.3 Å². The van der Waals surface area contributed by atoms with Gasteiger partial charge in [-0.1, -0.05) is 30.3 Å².